The number of nitrogens with zero attached hydrogens (tertiary/aromatic N) is 4. The molecule has 7 heteroatoms. The largest absolute Gasteiger partial charge is 0.453 e. The van der Waals surface area contributed by atoms with Crippen molar-refractivity contribution in [2.45, 2.75) is 26.9 Å². The minimum absolute atomic E-state index is 0.0269. The molecule has 3 aromatic rings. The molecule has 118 valence electrons. The van der Waals surface area contributed by atoms with Gasteiger partial charge in [-0.05, 0) is 47.5 Å². The van der Waals surface area contributed by atoms with Gasteiger partial charge in [0.2, 0.25) is 0 Å². The first kappa shape index (κ1) is 15.4. The molecule has 0 unspecified atom stereocenters. The zero-order chi connectivity index (χ0) is 16.2. The van der Waals surface area contributed by atoms with Gasteiger partial charge in [0.15, 0.2) is 12.4 Å². The Balaban J connectivity index is 1.71. The standard InChI is InChI=1S/C16H16N4O2S/c1-3-13-11(2)9-14(23-13)16(21)22-10-15-17-18-19-20(15)12-7-5-4-6-8-12/h4-9H,3,10H2,1-2H3. The number of aryl methyl sites for hydroxylation is 2. The lowest BCUT2D eigenvalue weighted by molar-refractivity contribution is 0.0465. The summed E-state index contributed by atoms with van der Waals surface area (Å²) in [6.45, 7) is 4.10. The minimum Gasteiger partial charge on any atom is -0.453 e. The van der Waals surface area contributed by atoms with Crippen LogP contribution in [0.2, 0.25) is 0 Å². The molecule has 0 fully saturated rings. The van der Waals surface area contributed by atoms with Gasteiger partial charge in [0.05, 0.1) is 5.69 Å². The van der Waals surface area contributed by atoms with Crippen LogP contribution in [0.4, 0.5) is 0 Å². The first-order valence-electron chi connectivity index (χ1n) is 7.28. The van der Waals surface area contributed by atoms with Crippen LogP contribution in [0.25, 0.3) is 5.69 Å². The highest BCUT2D eigenvalue weighted by atomic mass is 32.1. The van der Waals surface area contributed by atoms with Gasteiger partial charge >= 0.3 is 5.97 Å². The van der Waals surface area contributed by atoms with Crippen molar-refractivity contribution >= 4 is 17.3 Å². The molecule has 0 aliphatic rings. The number of para-hydroxylation sites is 1. The molecule has 0 aliphatic carbocycles. The molecule has 0 spiro atoms. The fraction of sp³-hybridized carbons (Fsp3) is 0.250. The van der Waals surface area contributed by atoms with Crippen LogP contribution in [0.15, 0.2) is 36.4 Å². The van der Waals surface area contributed by atoms with Gasteiger partial charge in [0, 0.05) is 4.88 Å². The summed E-state index contributed by atoms with van der Waals surface area (Å²) in [5, 5.41) is 11.5. The maximum Gasteiger partial charge on any atom is 0.348 e. The Morgan fingerprint density at radius 2 is 2.09 bits per heavy atom. The summed E-state index contributed by atoms with van der Waals surface area (Å²) < 4.78 is 6.92. The van der Waals surface area contributed by atoms with Crippen molar-refractivity contribution in [3.63, 3.8) is 0 Å². The van der Waals surface area contributed by atoms with Crippen LogP contribution in [0.5, 0.6) is 0 Å². The van der Waals surface area contributed by atoms with Crippen molar-refractivity contribution in [2.24, 2.45) is 0 Å². The number of hydrogen-bond acceptors (Lipinski definition) is 6. The molecular weight excluding hydrogens is 312 g/mol. The molecule has 2 heterocycles. The Kier molecular flexibility index (Phi) is 4.47. The molecule has 0 saturated carbocycles. The van der Waals surface area contributed by atoms with E-state index in [1.54, 1.807) is 4.68 Å². The van der Waals surface area contributed by atoms with E-state index in [0.29, 0.717) is 10.7 Å². The highest BCUT2D eigenvalue weighted by Gasteiger charge is 2.15. The van der Waals surface area contributed by atoms with Crippen LogP contribution in [0.3, 0.4) is 0 Å². The van der Waals surface area contributed by atoms with E-state index in [-0.39, 0.29) is 12.6 Å². The van der Waals surface area contributed by atoms with Crippen LogP contribution < -0.4 is 0 Å². The van der Waals surface area contributed by atoms with Crippen molar-refractivity contribution in [2.75, 3.05) is 0 Å². The Hall–Kier alpha value is -2.54. The van der Waals surface area contributed by atoms with E-state index in [2.05, 4.69) is 22.4 Å². The summed E-state index contributed by atoms with van der Waals surface area (Å²) >= 11 is 1.47. The van der Waals surface area contributed by atoms with Crippen LogP contribution in [-0.4, -0.2) is 26.2 Å². The third kappa shape index (κ3) is 3.29. The van der Waals surface area contributed by atoms with Crippen molar-refractivity contribution in [3.8, 4) is 5.69 Å². The number of hydrogen-bond donors (Lipinski definition) is 0. The van der Waals surface area contributed by atoms with Crippen LogP contribution in [0, 0.1) is 6.92 Å². The van der Waals surface area contributed by atoms with Crippen molar-refractivity contribution in [1.82, 2.24) is 20.2 Å². The monoisotopic (exact) mass is 328 g/mol. The summed E-state index contributed by atoms with van der Waals surface area (Å²) in [4.78, 5) is 14.0. The maximum absolute atomic E-state index is 12.2. The van der Waals surface area contributed by atoms with Gasteiger partial charge in [-0.15, -0.1) is 16.4 Å². The maximum atomic E-state index is 12.2. The highest BCUT2D eigenvalue weighted by molar-refractivity contribution is 7.14. The zero-order valence-corrected chi connectivity index (χ0v) is 13.7. The summed E-state index contributed by atoms with van der Waals surface area (Å²) in [5.74, 6) is 0.133. The van der Waals surface area contributed by atoms with Gasteiger partial charge in [-0.3, -0.25) is 0 Å². The average molecular weight is 328 g/mol. The van der Waals surface area contributed by atoms with Gasteiger partial charge in [0.25, 0.3) is 0 Å². The van der Waals surface area contributed by atoms with E-state index in [1.165, 1.54) is 16.2 Å². The molecule has 6 nitrogen and oxygen atoms in total. The second-order valence-corrected chi connectivity index (χ2v) is 6.13. The lowest BCUT2D eigenvalue weighted by atomic mass is 10.2. The number of esters is 1. The zero-order valence-electron chi connectivity index (χ0n) is 12.9. The van der Waals surface area contributed by atoms with E-state index in [9.17, 15) is 4.79 Å². The number of carbonyl (C=O) groups is 1. The predicted molar refractivity (Wildman–Crippen MR) is 86.7 cm³/mol. The molecule has 23 heavy (non-hydrogen) atoms. The highest BCUT2D eigenvalue weighted by Crippen LogP contribution is 2.23. The molecule has 0 N–H and O–H groups in total. The van der Waals surface area contributed by atoms with Crippen molar-refractivity contribution in [1.29, 1.82) is 0 Å². The van der Waals surface area contributed by atoms with E-state index >= 15 is 0 Å². The van der Waals surface area contributed by atoms with E-state index in [0.717, 1.165) is 17.7 Å². The number of tetrazole rings is 1. The molecule has 2 aromatic heterocycles. The summed E-state index contributed by atoms with van der Waals surface area (Å²) in [6, 6.07) is 11.3. The van der Waals surface area contributed by atoms with Gasteiger partial charge in [-0.1, -0.05) is 25.1 Å². The van der Waals surface area contributed by atoms with Gasteiger partial charge in [-0.25, -0.2) is 4.79 Å². The predicted octanol–water partition coefficient (Wildman–Crippen LogP) is 2.95. The summed E-state index contributed by atoms with van der Waals surface area (Å²) in [5.41, 5.74) is 1.95. The molecule has 0 atom stereocenters. The Morgan fingerprint density at radius 1 is 1.30 bits per heavy atom. The van der Waals surface area contributed by atoms with Crippen molar-refractivity contribution in [3.05, 3.63) is 57.5 Å². The van der Waals surface area contributed by atoms with Gasteiger partial charge < -0.3 is 4.74 Å². The van der Waals surface area contributed by atoms with Crippen LogP contribution in [-0.2, 0) is 17.8 Å². The molecule has 3 rings (SSSR count). The number of carbonyl (C=O) groups excluding carboxylic acids is 1. The SMILES string of the molecule is CCc1sc(C(=O)OCc2nnnn2-c2ccccc2)cc1C. The van der Waals surface area contributed by atoms with Gasteiger partial charge in [0.1, 0.15) is 4.88 Å². The van der Waals surface area contributed by atoms with Crippen LogP contribution in [0.1, 0.15) is 32.9 Å². The number of aromatic nitrogens is 4. The van der Waals surface area contributed by atoms with E-state index in [4.69, 9.17) is 4.74 Å². The van der Waals surface area contributed by atoms with Crippen molar-refractivity contribution < 1.29 is 9.53 Å². The second-order valence-electron chi connectivity index (χ2n) is 4.99. The third-order valence-electron chi connectivity index (χ3n) is 3.41. The molecule has 0 amide bonds. The van der Waals surface area contributed by atoms with Gasteiger partial charge in [-0.2, -0.15) is 4.68 Å². The third-order valence-corrected chi connectivity index (χ3v) is 4.77. The summed E-state index contributed by atoms with van der Waals surface area (Å²) in [6.07, 6.45) is 0.913. The lowest BCUT2D eigenvalue weighted by Gasteiger charge is -2.05. The fourth-order valence-electron chi connectivity index (χ4n) is 2.24. The number of rotatable bonds is 5. The molecule has 0 saturated heterocycles. The average Bonchev–Trinajstić information content (AvgIpc) is 3.19. The molecule has 0 bridgehead atoms. The van der Waals surface area contributed by atoms with E-state index in [1.807, 2.05) is 43.3 Å². The first-order valence-corrected chi connectivity index (χ1v) is 8.09. The topological polar surface area (TPSA) is 69.9 Å². The molecule has 0 radical (unpaired) electrons. The second kappa shape index (κ2) is 6.70. The number of thiophene rings is 1. The quantitative estimate of drug-likeness (QED) is 0.674. The minimum atomic E-state index is -0.347. The molecule has 0 aliphatic heterocycles. The van der Waals surface area contributed by atoms with E-state index < -0.39 is 0 Å². The normalized spacial score (nSPS) is 10.7. The lowest BCUT2D eigenvalue weighted by Crippen LogP contribution is -2.09. The smallest absolute Gasteiger partial charge is 0.348 e. The number of benzene rings is 1. The fourth-order valence-corrected chi connectivity index (χ4v) is 3.25. The molecular formula is C16H16N4O2S. The Labute approximate surface area is 137 Å². The Morgan fingerprint density at radius 3 is 2.78 bits per heavy atom. The number of ether oxygens (including phenoxy) is 1. The molecule has 1 aromatic carbocycles. The summed E-state index contributed by atoms with van der Waals surface area (Å²) in [7, 11) is 0. The Bertz CT molecular complexity index is 811. The first-order chi connectivity index (χ1) is 11.2. The van der Waals surface area contributed by atoms with Crippen LogP contribution >= 0.6 is 11.3 Å².